The smallest absolute Gasteiger partial charge is 0.222 e. The lowest BCUT2D eigenvalue weighted by Crippen LogP contribution is -2.37. The van der Waals surface area contributed by atoms with E-state index < -0.39 is 5.60 Å². The molecule has 0 aromatic carbocycles. The van der Waals surface area contributed by atoms with Gasteiger partial charge in [0.1, 0.15) is 0 Å². The third-order valence-electron chi connectivity index (χ3n) is 4.42. The fourth-order valence-corrected chi connectivity index (χ4v) is 3.08. The minimum absolute atomic E-state index is 0.0387. The fourth-order valence-electron chi connectivity index (χ4n) is 3.08. The van der Waals surface area contributed by atoms with Crippen molar-refractivity contribution < 1.29 is 9.90 Å². The molecular weight excluding hydrogens is 214 g/mol. The SMILES string of the molecule is CCCC1(CNC(=O)CC2(O)CCCC2)CC1. The molecule has 0 aromatic heterocycles. The maximum atomic E-state index is 11.8. The first kappa shape index (κ1) is 12.9. The molecule has 98 valence electrons. The highest BCUT2D eigenvalue weighted by Crippen LogP contribution is 2.49. The van der Waals surface area contributed by atoms with Crippen molar-refractivity contribution in [1.29, 1.82) is 0 Å². The van der Waals surface area contributed by atoms with Crippen LogP contribution in [0.1, 0.15) is 64.7 Å². The van der Waals surface area contributed by atoms with Gasteiger partial charge in [-0.15, -0.1) is 0 Å². The van der Waals surface area contributed by atoms with E-state index in [1.54, 1.807) is 0 Å². The van der Waals surface area contributed by atoms with Crippen LogP contribution in [0.25, 0.3) is 0 Å². The van der Waals surface area contributed by atoms with Crippen molar-refractivity contribution in [1.82, 2.24) is 5.32 Å². The second-order valence-electron chi connectivity index (χ2n) is 6.13. The Morgan fingerprint density at radius 3 is 2.41 bits per heavy atom. The Labute approximate surface area is 104 Å². The van der Waals surface area contributed by atoms with E-state index in [9.17, 15) is 9.90 Å². The number of rotatable bonds is 6. The van der Waals surface area contributed by atoms with E-state index in [4.69, 9.17) is 0 Å². The average Bonchev–Trinajstić information content (AvgIpc) is 2.92. The largest absolute Gasteiger partial charge is 0.389 e. The Balaban J connectivity index is 1.71. The minimum Gasteiger partial charge on any atom is -0.389 e. The summed E-state index contributed by atoms with van der Waals surface area (Å²) in [6.45, 7) is 3.01. The molecule has 0 heterocycles. The summed E-state index contributed by atoms with van der Waals surface area (Å²) < 4.78 is 0. The van der Waals surface area contributed by atoms with E-state index >= 15 is 0 Å². The standard InChI is InChI=1S/C14H25NO2/c1-2-5-13(8-9-13)11-15-12(16)10-14(17)6-3-4-7-14/h17H,2-11H2,1H3,(H,15,16). The van der Waals surface area contributed by atoms with Gasteiger partial charge in [-0.2, -0.15) is 0 Å². The molecule has 2 saturated carbocycles. The number of hydrogen-bond acceptors (Lipinski definition) is 2. The zero-order valence-corrected chi connectivity index (χ0v) is 10.9. The molecule has 0 spiro atoms. The number of amides is 1. The van der Waals surface area contributed by atoms with Crippen LogP contribution in [0, 0.1) is 5.41 Å². The molecular formula is C14H25NO2. The van der Waals surface area contributed by atoms with Crippen LogP contribution in [0.15, 0.2) is 0 Å². The monoisotopic (exact) mass is 239 g/mol. The van der Waals surface area contributed by atoms with Crippen molar-refractivity contribution >= 4 is 5.91 Å². The van der Waals surface area contributed by atoms with E-state index in [0.29, 0.717) is 11.8 Å². The van der Waals surface area contributed by atoms with Gasteiger partial charge in [0.05, 0.1) is 12.0 Å². The molecule has 2 aliphatic rings. The number of nitrogens with one attached hydrogen (secondary N) is 1. The minimum atomic E-state index is -0.703. The Bertz CT molecular complexity index is 278. The highest BCUT2D eigenvalue weighted by Gasteiger charge is 2.42. The van der Waals surface area contributed by atoms with Gasteiger partial charge in [0.25, 0.3) is 0 Å². The topological polar surface area (TPSA) is 49.3 Å². The lowest BCUT2D eigenvalue weighted by molar-refractivity contribution is -0.126. The summed E-state index contributed by atoms with van der Waals surface area (Å²) in [4.78, 5) is 11.8. The second kappa shape index (κ2) is 4.97. The van der Waals surface area contributed by atoms with Gasteiger partial charge in [0.15, 0.2) is 0 Å². The van der Waals surface area contributed by atoms with Gasteiger partial charge in [-0.3, -0.25) is 4.79 Å². The van der Waals surface area contributed by atoms with Crippen LogP contribution >= 0.6 is 0 Å². The summed E-state index contributed by atoms with van der Waals surface area (Å²) in [5.41, 5.74) is -0.297. The summed E-state index contributed by atoms with van der Waals surface area (Å²) in [6.07, 6.45) is 8.93. The predicted molar refractivity (Wildman–Crippen MR) is 67.6 cm³/mol. The predicted octanol–water partition coefficient (Wildman–Crippen LogP) is 2.38. The summed E-state index contributed by atoms with van der Waals surface area (Å²) in [6, 6.07) is 0. The van der Waals surface area contributed by atoms with Crippen LogP contribution in [-0.4, -0.2) is 23.2 Å². The van der Waals surface area contributed by atoms with Crippen molar-refractivity contribution in [3.63, 3.8) is 0 Å². The van der Waals surface area contributed by atoms with E-state index in [1.807, 2.05) is 0 Å². The zero-order valence-electron chi connectivity index (χ0n) is 10.9. The first-order valence-electron chi connectivity index (χ1n) is 7.07. The molecule has 0 bridgehead atoms. The molecule has 3 heteroatoms. The lowest BCUT2D eigenvalue weighted by atomic mass is 9.97. The van der Waals surface area contributed by atoms with Crippen LogP contribution in [0.2, 0.25) is 0 Å². The summed E-state index contributed by atoms with van der Waals surface area (Å²) in [7, 11) is 0. The quantitative estimate of drug-likeness (QED) is 0.747. The van der Waals surface area contributed by atoms with Crippen LogP contribution < -0.4 is 5.32 Å². The Morgan fingerprint density at radius 2 is 1.88 bits per heavy atom. The Morgan fingerprint density at radius 1 is 1.24 bits per heavy atom. The van der Waals surface area contributed by atoms with Gasteiger partial charge >= 0.3 is 0 Å². The number of aliphatic hydroxyl groups is 1. The van der Waals surface area contributed by atoms with Crippen LogP contribution in [0.5, 0.6) is 0 Å². The van der Waals surface area contributed by atoms with E-state index in [2.05, 4.69) is 12.2 Å². The number of carbonyl (C=O) groups excluding carboxylic acids is 1. The lowest BCUT2D eigenvalue weighted by Gasteiger charge is -2.22. The summed E-state index contributed by atoms with van der Waals surface area (Å²) in [5, 5.41) is 13.2. The molecule has 3 nitrogen and oxygen atoms in total. The summed E-state index contributed by atoms with van der Waals surface area (Å²) >= 11 is 0. The molecule has 2 N–H and O–H groups in total. The van der Waals surface area contributed by atoms with Crippen LogP contribution in [0.4, 0.5) is 0 Å². The fraction of sp³-hybridized carbons (Fsp3) is 0.929. The first-order valence-corrected chi connectivity index (χ1v) is 7.07. The molecule has 2 rings (SSSR count). The normalized spacial score (nSPS) is 24.6. The molecule has 0 radical (unpaired) electrons. The molecule has 17 heavy (non-hydrogen) atoms. The van der Waals surface area contributed by atoms with Gasteiger partial charge in [-0.25, -0.2) is 0 Å². The summed E-state index contributed by atoms with van der Waals surface area (Å²) in [5.74, 6) is 0.0387. The number of carbonyl (C=O) groups is 1. The Hall–Kier alpha value is -0.570. The van der Waals surface area contributed by atoms with E-state index in [-0.39, 0.29) is 5.91 Å². The highest BCUT2D eigenvalue weighted by atomic mass is 16.3. The highest BCUT2D eigenvalue weighted by molar-refractivity contribution is 5.77. The second-order valence-corrected chi connectivity index (χ2v) is 6.13. The van der Waals surface area contributed by atoms with Crippen LogP contribution in [0.3, 0.4) is 0 Å². The van der Waals surface area contributed by atoms with Gasteiger partial charge in [0.2, 0.25) is 5.91 Å². The molecule has 0 unspecified atom stereocenters. The van der Waals surface area contributed by atoms with Crippen molar-refractivity contribution in [2.24, 2.45) is 5.41 Å². The molecule has 0 aliphatic heterocycles. The first-order chi connectivity index (χ1) is 8.08. The van der Waals surface area contributed by atoms with Gasteiger partial charge in [-0.05, 0) is 37.5 Å². The maximum absolute atomic E-state index is 11.8. The van der Waals surface area contributed by atoms with Crippen LogP contribution in [-0.2, 0) is 4.79 Å². The van der Waals surface area contributed by atoms with Crippen molar-refractivity contribution in [3.05, 3.63) is 0 Å². The molecule has 2 aliphatic carbocycles. The van der Waals surface area contributed by atoms with Crippen molar-refractivity contribution in [3.8, 4) is 0 Å². The molecule has 1 amide bonds. The molecule has 0 saturated heterocycles. The third kappa shape index (κ3) is 3.44. The van der Waals surface area contributed by atoms with Gasteiger partial charge in [0, 0.05) is 6.54 Å². The third-order valence-corrected chi connectivity index (χ3v) is 4.42. The average molecular weight is 239 g/mol. The van der Waals surface area contributed by atoms with Gasteiger partial charge in [-0.1, -0.05) is 26.2 Å². The van der Waals surface area contributed by atoms with Gasteiger partial charge < -0.3 is 10.4 Å². The molecule has 2 fully saturated rings. The number of hydrogen-bond donors (Lipinski definition) is 2. The van der Waals surface area contributed by atoms with E-state index in [0.717, 1.165) is 32.2 Å². The molecule has 0 atom stereocenters. The maximum Gasteiger partial charge on any atom is 0.222 e. The Kier molecular flexibility index (Phi) is 3.76. The van der Waals surface area contributed by atoms with Crippen molar-refractivity contribution in [2.75, 3.05) is 6.54 Å². The zero-order chi connectivity index (χ0) is 12.4. The van der Waals surface area contributed by atoms with Crippen molar-refractivity contribution in [2.45, 2.75) is 70.3 Å². The van der Waals surface area contributed by atoms with E-state index in [1.165, 1.54) is 25.7 Å². The molecule has 0 aromatic rings.